The molecule has 0 aromatic heterocycles. The molecule has 3 rings (SSSR count). The molecule has 1 N–H and O–H groups in total. The number of halogens is 3. The van der Waals surface area contributed by atoms with Gasteiger partial charge in [-0.05, 0) is 18.2 Å². The third-order valence-corrected chi connectivity index (χ3v) is 3.66. The van der Waals surface area contributed by atoms with E-state index in [2.05, 4.69) is 0 Å². The molecule has 1 heterocycles. The van der Waals surface area contributed by atoms with Gasteiger partial charge in [0.05, 0.1) is 11.1 Å². The van der Waals surface area contributed by atoms with Crippen LogP contribution in [0.2, 0.25) is 5.02 Å². The maximum atomic E-state index is 14.0. The van der Waals surface area contributed by atoms with Gasteiger partial charge in [-0.1, -0.05) is 23.7 Å². The monoisotopic (exact) mass is 296 g/mol. The van der Waals surface area contributed by atoms with Crippen molar-refractivity contribution in [2.45, 2.75) is 18.6 Å². The van der Waals surface area contributed by atoms with E-state index >= 15 is 0 Å². The number of hydrogen-bond donors (Lipinski definition) is 1. The molecule has 0 saturated carbocycles. The molecule has 0 bridgehead atoms. The van der Waals surface area contributed by atoms with Crippen molar-refractivity contribution in [1.82, 2.24) is 0 Å². The molecule has 20 heavy (non-hydrogen) atoms. The van der Waals surface area contributed by atoms with Gasteiger partial charge in [-0.25, -0.2) is 8.78 Å². The number of benzene rings is 2. The van der Waals surface area contributed by atoms with Crippen LogP contribution in [0.15, 0.2) is 36.4 Å². The second-order valence-electron chi connectivity index (χ2n) is 4.68. The highest BCUT2D eigenvalue weighted by Gasteiger charge is 2.30. The molecule has 0 aliphatic carbocycles. The van der Waals surface area contributed by atoms with Gasteiger partial charge in [-0.15, -0.1) is 0 Å². The molecular formula is C15H11ClF2O2. The fourth-order valence-corrected chi connectivity index (χ4v) is 2.56. The van der Waals surface area contributed by atoms with Crippen LogP contribution in [0.4, 0.5) is 8.78 Å². The first-order valence-electron chi connectivity index (χ1n) is 6.14. The SMILES string of the molecule is OC1CC(c2cccc(Cl)c2F)Oc2cc(F)ccc21. The highest BCUT2D eigenvalue weighted by Crippen LogP contribution is 2.42. The van der Waals surface area contributed by atoms with Gasteiger partial charge in [0, 0.05) is 23.6 Å². The van der Waals surface area contributed by atoms with Gasteiger partial charge < -0.3 is 9.84 Å². The number of hydrogen-bond acceptors (Lipinski definition) is 2. The van der Waals surface area contributed by atoms with E-state index in [1.54, 1.807) is 12.1 Å². The molecule has 0 fully saturated rings. The fraction of sp³-hybridized carbons (Fsp3) is 0.200. The molecule has 0 amide bonds. The zero-order valence-electron chi connectivity index (χ0n) is 10.3. The first-order chi connectivity index (χ1) is 9.56. The van der Waals surface area contributed by atoms with Crippen molar-refractivity contribution >= 4 is 11.6 Å². The molecule has 2 atom stereocenters. The molecular weight excluding hydrogens is 286 g/mol. The van der Waals surface area contributed by atoms with Crippen molar-refractivity contribution < 1.29 is 18.6 Å². The Morgan fingerprint density at radius 1 is 1.15 bits per heavy atom. The van der Waals surface area contributed by atoms with Crippen LogP contribution in [-0.2, 0) is 0 Å². The van der Waals surface area contributed by atoms with Crippen LogP contribution in [-0.4, -0.2) is 5.11 Å². The van der Waals surface area contributed by atoms with Crippen molar-refractivity contribution in [1.29, 1.82) is 0 Å². The Balaban J connectivity index is 2.00. The lowest BCUT2D eigenvalue weighted by Gasteiger charge is -2.30. The maximum Gasteiger partial charge on any atom is 0.148 e. The van der Waals surface area contributed by atoms with Crippen molar-refractivity contribution in [2.75, 3.05) is 0 Å². The quantitative estimate of drug-likeness (QED) is 0.855. The Bertz CT molecular complexity index is 660. The van der Waals surface area contributed by atoms with Crippen molar-refractivity contribution in [3.8, 4) is 5.75 Å². The zero-order valence-corrected chi connectivity index (χ0v) is 11.1. The first kappa shape index (κ1) is 13.3. The van der Waals surface area contributed by atoms with Crippen LogP contribution in [0.1, 0.15) is 29.8 Å². The van der Waals surface area contributed by atoms with E-state index in [1.165, 1.54) is 24.3 Å². The highest BCUT2D eigenvalue weighted by molar-refractivity contribution is 6.30. The predicted molar refractivity (Wildman–Crippen MR) is 70.8 cm³/mol. The minimum Gasteiger partial charge on any atom is -0.485 e. The maximum absolute atomic E-state index is 14.0. The Morgan fingerprint density at radius 3 is 2.75 bits per heavy atom. The number of rotatable bonds is 1. The largest absolute Gasteiger partial charge is 0.485 e. The summed E-state index contributed by atoms with van der Waals surface area (Å²) in [5, 5.41) is 10.1. The summed E-state index contributed by atoms with van der Waals surface area (Å²) < 4.78 is 32.8. The fourth-order valence-electron chi connectivity index (χ4n) is 2.38. The average Bonchev–Trinajstić information content (AvgIpc) is 2.41. The minimum absolute atomic E-state index is 0.00868. The summed E-state index contributed by atoms with van der Waals surface area (Å²) in [4.78, 5) is 0. The van der Waals surface area contributed by atoms with E-state index in [4.69, 9.17) is 16.3 Å². The lowest BCUT2D eigenvalue weighted by atomic mass is 9.95. The van der Waals surface area contributed by atoms with Gasteiger partial charge in [0.1, 0.15) is 23.5 Å². The standard InChI is InChI=1S/C15H11ClF2O2/c16-11-3-1-2-10(15(11)18)14-7-12(19)9-5-4-8(17)6-13(9)20-14/h1-6,12,14,19H,7H2. The Hall–Kier alpha value is -1.65. The van der Waals surface area contributed by atoms with Crippen molar-refractivity contribution in [3.63, 3.8) is 0 Å². The van der Waals surface area contributed by atoms with Gasteiger partial charge in [0.15, 0.2) is 0 Å². The topological polar surface area (TPSA) is 29.5 Å². The van der Waals surface area contributed by atoms with E-state index in [0.29, 0.717) is 5.56 Å². The summed E-state index contributed by atoms with van der Waals surface area (Å²) in [5.74, 6) is -0.817. The van der Waals surface area contributed by atoms with Gasteiger partial charge in [0.25, 0.3) is 0 Å². The molecule has 0 radical (unpaired) electrons. The van der Waals surface area contributed by atoms with E-state index in [1.807, 2.05) is 0 Å². The van der Waals surface area contributed by atoms with Gasteiger partial charge in [-0.3, -0.25) is 0 Å². The Morgan fingerprint density at radius 2 is 1.95 bits per heavy atom. The Labute approximate surface area is 119 Å². The van der Waals surface area contributed by atoms with Crippen LogP contribution < -0.4 is 4.74 Å². The van der Waals surface area contributed by atoms with Crippen LogP contribution in [0.25, 0.3) is 0 Å². The molecule has 0 spiro atoms. The number of fused-ring (bicyclic) bond motifs is 1. The van der Waals surface area contributed by atoms with E-state index in [9.17, 15) is 13.9 Å². The summed E-state index contributed by atoms with van der Waals surface area (Å²) in [7, 11) is 0. The lowest BCUT2D eigenvalue weighted by molar-refractivity contribution is 0.0637. The van der Waals surface area contributed by atoms with Crippen LogP contribution in [0.5, 0.6) is 5.75 Å². The van der Waals surface area contributed by atoms with Crippen LogP contribution in [0.3, 0.4) is 0 Å². The number of aliphatic hydroxyl groups is 1. The molecule has 2 aromatic rings. The van der Waals surface area contributed by atoms with Gasteiger partial charge >= 0.3 is 0 Å². The predicted octanol–water partition coefficient (Wildman–Crippen LogP) is 4.18. The summed E-state index contributed by atoms with van der Waals surface area (Å²) in [6, 6.07) is 8.51. The molecule has 1 aliphatic rings. The molecule has 0 saturated heterocycles. The summed E-state index contributed by atoms with van der Waals surface area (Å²) in [6.45, 7) is 0. The van der Waals surface area contributed by atoms with Gasteiger partial charge in [0.2, 0.25) is 0 Å². The van der Waals surface area contributed by atoms with E-state index in [-0.39, 0.29) is 22.8 Å². The third kappa shape index (κ3) is 2.25. The number of ether oxygens (including phenoxy) is 1. The normalized spacial score (nSPS) is 21.2. The van der Waals surface area contributed by atoms with E-state index in [0.717, 1.165) is 0 Å². The van der Waals surface area contributed by atoms with Gasteiger partial charge in [-0.2, -0.15) is 0 Å². The van der Waals surface area contributed by atoms with Crippen LogP contribution >= 0.6 is 11.6 Å². The van der Waals surface area contributed by atoms with Crippen molar-refractivity contribution in [2.24, 2.45) is 0 Å². The molecule has 5 heteroatoms. The van der Waals surface area contributed by atoms with Crippen LogP contribution in [0, 0.1) is 11.6 Å². The summed E-state index contributed by atoms with van der Waals surface area (Å²) in [5.41, 5.74) is 0.761. The zero-order chi connectivity index (χ0) is 14.3. The second-order valence-corrected chi connectivity index (χ2v) is 5.09. The molecule has 1 aliphatic heterocycles. The first-order valence-corrected chi connectivity index (χ1v) is 6.52. The Kier molecular flexibility index (Phi) is 3.36. The summed E-state index contributed by atoms with van der Waals surface area (Å²) in [6.07, 6.45) is -1.34. The number of aliphatic hydroxyl groups excluding tert-OH is 1. The minimum atomic E-state index is -0.831. The highest BCUT2D eigenvalue weighted by atomic mass is 35.5. The summed E-state index contributed by atoms with van der Waals surface area (Å²) >= 11 is 5.74. The molecule has 104 valence electrons. The second kappa shape index (κ2) is 5.04. The lowest BCUT2D eigenvalue weighted by Crippen LogP contribution is -2.20. The third-order valence-electron chi connectivity index (χ3n) is 3.37. The average molecular weight is 297 g/mol. The molecule has 2 unspecified atom stereocenters. The van der Waals surface area contributed by atoms with Crippen molar-refractivity contribution in [3.05, 3.63) is 64.2 Å². The molecule has 2 nitrogen and oxygen atoms in total. The molecule has 2 aromatic carbocycles. The van der Waals surface area contributed by atoms with E-state index < -0.39 is 23.8 Å². The smallest absolute Gasteiger partial charge is 0.148 e.